The van der Waals surface area contributed by atoms with Crippen LogP contribution < -0.4 is 4.90 Å². The van der Waals surface area contributed by atoms with Gasteiger partial charge in [0.15, 0.2) is 11.5 Å². The fourth-order valence-corrected chi connectivity index (χ4v) is 2.84. The van der Waals surface area contributed by atoms with Gasteiger partial charge < -0.3 is 14.0 Å². The fraction of sp³-hybridized carbons (Fsp3) is 0.500. The molecule has 0 amide bonds. The summed E-state index contributed by atoms with van der Waals surface area (Å²) in [6, 6.07) is 0. The van der Waals surface area contributed by atoms with Crippen LogP contribution >= 0.6 is 15.9 Å². The van der Waals surface area contributed by atoms with Crippen molar-refractivity contribution in [1.82, 2.24) is 14.4 Å². The molecule has 0 N–H and O–H groups in total. The van der Waals surface area contributed by atoms with Crippen molar-refractivity contribution in [1.29, 1.82) is 0 Å². The second kappa shape index (κ2) is 4.51. The Bertz CT molecular complexity index is 560. The SMILES string of the molecule is CC1CN(c2nc(Br)cn3ccnc23)CC(C)O1. The van der Waals surface area contributed by atoms with Gasteiger partial charge in [-0.1, -0.05) is 0 Å². The number of ether oxygens (including phenoxy) is 1. The maximum absolute atomic E-state index is 5.75. The van der Waals surface area contributed by atoms with Gasteiger partial charge in [0.05, 0.1) is 12.2 Å². The Balaban J connectivity index is 2.05. The fourth-order valence-electron chi connectivity index (χ4n) is 2.45. The number of hydrogen-bond donors (Lipinski definition) is 0. The molecule has 2 unspecified atom stereocenters. The van der Waals surface area contributed by atoms with Crippen molar-refractivity contribution in [3.8, 4) is 0 Å². The Labute approximate surface area is 114 Å². The molecular formula is C12H15BrN4O. The molecule has 1 fully saturated rings. The number of fused-ring (bicyclic) bond motifs is 1. The van der Waals surface area contributed by atoms with Crippen molar-refractivity contribution in [3.05, 3.63) is 23.2 Å². The molecule has 2 aromatic heterocycles. The van der Waals surface area contributed by atoms with E-state index in [2.05, 4.69) is 44.6 Å². The second-order valence-electron chi connectivity index (χ2n) is 4.71. The molecular weight excluding hydrogens is 296 g/mol. The average molecular weight is 311 g/mol. The summed E-state index contributed by atoms with van der Waals surface area (Å²) in [6.45, 7) is 5.86. The third-order valence-electron chi connectivity index (χ3n) is 3.05. The van der Waals surface area contributed by atoms with E-state index in [4.69, 9.17) is 4.74 Å². The van der Waals surface area contributed by atoms with Crippen LogP contribution in [0.5, 0.6) is 0 Å². The minimum atomic E-state index is 0.213. The smallest absolute Gasteiger partial charge is 0.180 e. The molecule has 0 aromatic carbocycles. The number of hydrogen-bond acceptors (Lipinski definition) is 4. The maximum atomic E-state index is 5.75. The molecule has 1 aliphatic rings. The largest absolute Gasteiger partial charge is 0.372 e. The molecule has 0 saturated carbocycles. The molecule has 1 aliphatic heterocycles. The first-order chi connectivity index (χ1) is 8.63. The summed E-state index contributed by atoms with van der Waals surface area (Å²) in [7, 11) is 0. The summed E-state index contributed by atoms with van der Waals surface area (Å²) in [6.07, 6.45) is 6.06. The van der Waals surface area contributed by atoms with Crippen LogP contribution in [0.3, 0.4) is 0 Å². The van der Waals surface area contributed by atoms with E-state index in [1.54, 1.807) is 6.20 Å². The Morgan fingerprint density at radius 3 is 2.78 bits per heavy atom. The minimum Gasteiger partial charge on any atom is -0.372 e. The van der Waals surface area contributed by atoms with Gasteiger partial charge in [-0.15, -0.1) is 0 Å². The van der Waals surface area contributed by atoms with E-state index in [-0.39, 0.29) is 12.2 Å². The van der Waals surface area contributed by atoms with Crippen LogP contribution in [0.25, 0.3) is 5.65 Å². The molecule has 18 heavy (non-hydrogen) atoms. The number of imidazole rings is 1. The van der Waals surface area contributed by atoms with E-state index in [0.29, 0.717) is 0 Å². The van der Waals surface area contributed by atoms with E-state index in [1.165, 1.54) is 0 Å². The summed E-state index contributed by atoms with van der Waals surface area (Å²) in [5, 5.41) is 0. The normalized spacial score (nSPS) is 24.7. The molecule has 0 bridgehead atoms. The van der Waals surface area contributed by atoms with E-state index in [1.807, 2.05) is 16.8 Å². The zero-order valence-electron chi connectivity index (χ0n) is 10.4. The van der Waals surface area contributed by atoms with Crippen LogP contribution in [0.4, 0.5) is 5.82 Å². The maximum Gasteiger partial charge on any atom is 0.180 e. The number of morpholine rings is 1. The molecule has 0 aliphatic carbocycles. The van der Waals surface area contributed by atoms with Crippen LogP contribution in [-0.2, 0) is 4.74 Å². The molecule has 0 radical (unpaired) electrons. The van der Waals surface area contributed by atoms with Crippen molar-refractivity contribution >= 4 is 27.4 Å². The number of nitrogens with zero attached hydrogens (tertiary/aromatic N) is 4. The van der Waals surface area contributed by atoms with Gasteiger partial charge in [0.2, 0.25) is 0 Å². The molecule has 2 atom stereocenters. The summed E-state index contributed by atoms with van der Waals surface area (Å²) in [4.78, 5) is 11.2. The molecule has 3 rings (SSSR count). The minimum absolute atomic E-state index is 0.213. The first-order valence-corrected chi connectivity index (χ1v) is 6.82. The second-order valence-corrected chi connectivity index (χ2v) is 5.52. The van der Waals surface area contributed by atoms with Gasteiger partial charge in [-0.2, -0.15) is 0 Å². The molecule has 6 heteroatoms. The first kappa shape index (κ1) is 11.9. The molecule has 96 valence electrons. The lowest BCUT2D eigenvalue weighted by atomic mass is 10.2. The third-order valence-corrected chi connectivity index (χ3v) is 3.43. The molecule has 5 nitrogen and oxygen atoms in total. The predicted octanol–water partition coefficient (Wildman–Crippen LogP) is 2.11. The van der Waals surface area contributed by atoms with Gasteiger partial charge in [-0.25, -0.2) is 9.97 Å². The van der Waals surface area contributed by atoms with Gasteiger partial charge >= 0.3 is 0 Å². The average Bonchev–Trinajstić information content (AvgIpc) is 2.74. The highest BCUT2D eigenvalue weighted by Crippen LogP contribution is 2.24. The molecule has 0 spiro atoms. The van der Waals surface area contributed by atoms with Crippen LogP contribution in [-0.4, -0.2) is 39.7 Å². The van der Waals surface area contributed by atoms with E-state index >= 15 is 0 Å². The standard InChI is InChI=1S/C12H15BrN4O/c1-8-5-17(6-9(2)18-8)12-11-14-3-4-16(11)7-10(13)15-12/h3-4,7-9H,5-6H2,1-2H3. The first-order valence-electron chi connectivity index (χ1n) is 6.03. The zero-order chi connectivity index (χ0) is 12.7. The van der Waals surface area contributed by atoms with E-state index < -0.39 is 0 Å². The Morgan fingerprint density at radius 2 is 2.06 bits per heavy atom. The van der Waals surface area contributed by atoms with E-state index in [9.17, 15) is 0 Å². The monoisotopic (exact) mass is 310 g/mol. The van der Waals surface area contributed by atoms with Gasteiger partial charge in [0.1, 0.15) is 4.60 Å². The highest BCUT2D eigenvalue weighted by molar-refractivity contribution is 9.10. The highest BCUT2D eigenvalue weighted by atomic mass is 79.9. The van der Waals surface area contributed by atoms with Gasteiger partial charge in [0, 0.05) is 31.7 Å². The van der Waals surface area contributed by atoms with Crippen molar-refractivity contribution in [2.45, 2.75) is 26.1 Å². The summed E-state index contributed by atoms with van der Waals surface area (Å²) >= 11 is 3.45. The summed E-state index contributed by atoms with van der Waals surface area (Å²) in [5.74, 6) is 0.913. The van der Waals surface area contributed by atoms with Crippen LogP contribution in [0, 0.1) is 0 Å². The molecule has 2 aromatic rings. The van der Waals surface area contributed by atoms with Gasteiger partial charge in [-0.05, 0) is 29.8 Å². The summed E-state index contributed by atoms with van der Waals surface area (Å²) in [5.41, 5.74) is 0.888. The number of rotatable bonds is 1. The van der Waals surface area contributed by atoms with Gasteiger partial charge in [-0.3, -0.25) is 0 Å². The number of anilines is 1. The lowest BCUT2D eigenvalue weighted by Crippen LogP contribution is -2.46. The lowest BCUT2D eigenvalue weighted by molar-refractivity contribution is -0.00540. The molecule has 3 heterocycles. The number of halogens is 1. The van der Waals surface area contributed by atoms with Crippen molar-refractivity contribution in [2.75, 3.05) is 18.0 Å². The topological polar surface area (TPSA) is 42.7 Å². The summed E-state index contributed by atoms with van der Waals surface area (Å²) < 4.78 is 8.55. The Kier molecular flexibility index (Phi) is 2.99. The van der Waals surface area contributed by atoms with Crippen LogP contribution in [0.2, 0.25) is 0 Å². The van der Waals surface area contributed by atoms with Crippen molar-refractivity contribution in [2.24, 2.45) is 0 Å². The van der Waals surface area contributed by atoms with Gasteiger partial charge in [0.25, 0.3) is 0 Å². The van der Waals surface area contributed by atoms with Crippen molar-refractivity contribution in [3.63, 3.8) is 0 Å². The molecule has 1 saturated heterocycles. The quantitative estimate of drug-likeness (QED) is 0.809. The third kappa shape index (κ3) is 2.10. The number of aromatic nitrogens is 3. The Morgan fingerprint density at radius 1 is 1.33 bits per heavy atom. The van der Waals surface area contributed by atoms with Crippen molar-refractivity contribution < 1.29 is 4.74 Å². The predicted molar refractivity (Wildman–Crippen MR) is 72.9 cm³/mol. The van der Waals surface area contributed by atoms with Crippen LogP contribution in [0.15, 0.2) is 23.2 Å². The van der Waals surface area contributed by atoms with E-state index in [0.717, 1.165) is 29.2 Å². The van der Waals surface area contributed by atoms with Crippen LogP contribution in [0.1, 0.15) is 13.8 Å². The lowest BCUT2D eigenvalue weighted by Gasteiger charge is -2.36. The Hall–Kier alpha value is -1.14. The zero-order valence-corrected chi connectivity index (χ0v) is 12.0. The highest BCUT2D eigenvalue weighted by Gasteiger charge is 2.25.